The standard InChI is InChI=1S/C9H4INS2/c10-5-1-2-6-7(3-5)13-8(4-11)9(6)12/h1-3,12H. The van der Waals surface area contributed by atoms with Gasteiger partial charge >= 0.3 is 0 Å². The summed E-state index contributed by atoms with van der Waals surface area (Å²) in [6, 6.07) is 8.25. The first kappa shape index (κ1) is 9.31. The summed E-state index contributed by atoms with van der Waals surface area (Å²) < 4.78 is 2.32. The third kappa shape index (κ3) is 1.56. The lowest BCUT2D eigenvalue weighted by Gasteiger charge is -1.90. The number of halogens is 1. The summed E-state index contributed by atoms with van der Waals surface area (Å²) in [5.41, 5.74) is 0. The topological polar surface area (TPSA) is 23.8 Å². The fraction of sp³-hybridized carbons (Fsp3) is 0. The first-order chi connectivity index (χ1) is 6.22. The molecule has 0 amide bonds. The maximum absolute atomic E-state index is 8.80. The Morgan fingerprint density at radius 2 is 2.23 bits per heavy atom. The van der Waals surface area contributed by atoms with Crippen molar-refractivity contribution in [2.45, 2.75) is 4.90 Å². The average Bonchev–Trinajstić information content (AvgIpc) is 2.42. The van der Waals surface area contributed by atoms with Crippen LogP contribution < -0.4 is 0 Å². The highest BCUT2D eigenvalue weighted by molar-refractivity contribution is 14.1. The number of benzene rings is 1. The molecule has 1 aromatic heterocycles. The van der Waals surface area contributed by atoms with Crippen molar-refractivity contribution in [2.75, 3.05) is 0 Å². The Bertz CT molecular complexity index is 510. The molecule has 2 rings (SSSR count). The van der Waals surface area contributed by atoms with Crippen LogP contribution in [0.5, 0.6) is 0 Å². The molecule has 0 spiro atoms. The second-order valence-electron chi connectivity index (χ2n) is 2.53. The molecule has 1 aromatic carbocycles. The summed E-state index contributed by atoms with van der Waals surface area (Å²) in [6.07, 6.45) is 0. The van der Waals surface area contributed by atoms with Crippen molar-refractivity contribution in [2.24, 2.45) is 0 Å². The molecule has 13 heavy (non-hydrogen) atoms. The number of thiophene rings is 1. The normalized spacial score (nSPS) is 10.2. The second-order valence-corrected chi connectivity index (χ2v) is 5.28. The van der Waals surface area contributed by atoms with Crippen LogP contribution in [0.3, 0.4) is 0 Å². The third-order valence-corrected chi connectivity index (χ3v) is 4.07. The summed E-state index contributed by atoms with van der Waals surface area (Å²) in [7, 11) is 0. The molecule has 0 radical (unpaired) electrons. The van der Waals surface area contributed by atoms with E-state index in [1.54, 1.807) is 0 Å². The van der Waals surface area contributed by atoms with Gasteiger partial charge in [-0.2, -0.15) is 5.26 Å². The molecule has 0 saturated carbocycles. The molecule has 64 valence electrons. The van der Waals surface area contributed by atoms with E-state index >= 15 is 0 Å². The van der Waals surface area contributed by atoms with E-state index in [9.17, 15) is 0 Å². The van der Waals surface area contributed by atoms with Crippen LogP contribution >= 0.6 is 46.6 Å². The Morgan fingerprint density at radius 1 is 1.46 bits per heavy atom. The van der Waals surface area contributed by atoms with Gasteiger partial charge < -0.3 is 0 Å². The summed E-state index contributed by atoms with van der Waals surface area (Å²) >= 11 is 8.07. The Balaban J connectivity index is 2.86. The minimum Gasteiger partial charge on any atom is -0.191 e. The molecule has 1 nitrogen and oxygen atoms in total. The molecule has 0 unspecified atom stereocenters. The van der Waals surface area contributed by atoms with Gasteiger partial charge in [0, 0.05) is 18.6 Å². The van der Waals surface area contributed by atoms with Crippen molar-refractivity contribution in [1.29, 1.82) is 5.26 Å². The van der Waals surface area contributed by atoms with Crippen molar-refractivity contribution in [3.05, 3.63) is 26.6 Å². The molecule has 0 atom stereocenters. The molecule has 0 aliphatic heterocycles. The van der Waals surface area contributed by atoms with Crippen molar-refractivity contribution in [1.82, 2.24) is 0 Å². The molecule has 0 N–H and O–H groups in total. The zero-order valence-corrected chi connectivity index (χ0v) is 10.3. The zero-order chi connectivity index (χ0) is 9.42. The molecular weight excluding hydrogens is 313 g/mol. The summed E-state index contributed by atoms with van der Waals surface area (Å²) in [6.45, 7) is 0. The van der Waals surface area contributed by atoms with Crippen LogP contribution in [0.25, 0.3) is 10.1 Å². The average molecular weight is 317 g/mol. The molecule has 1 heterocycles. The fourth-order valence-electron chi connectivity index (χ4n) is 1.13. The van der Waals surface area contributed by atoms with Crippen LogP contribution in [0.2, 0.25) is 0 Å². The van der Waals surface area contributed by atoms with E-state index in [1.165, 1.54) is 14.9 Å². The lowest BCUT2D eigenvalue weighted by molar-refractivity contribution is 1.48. The molecule has 0 aliphatic carbocycles. The van der Waals surface area contributed by atoms with Gasteiger partial charge in [0.15, 0.2) is 0 Å². The highest BCUT2D eigenvalue weighted by Crippen LogP contribution is 2.34. The maximum atomic E-state index is 8.80. The molecule has 0 saturated heterocycles. The SMILES string of the molecule is N#Cc1sc2cc(I)ccc2c1S. The molecule has 2 aromatic rings. The largest absolute Gasteiger partial charge is 0.191 e. The maximum Gasteiger partial charge on any atom is 0.119 e. The van der Waals surface area contributed by atoms with Crippen LogP contribution in [-0.2, 0) is 0 Å². The van der Waals surface area contributed by atoms with Gasteiger partial charge in [0.25, 0.3) is 0 Å². The quantitative estimate of drug-likeness (QED) is 0.582. The number of hydrogen-bond donors (Lipinski definition) is 1. The number of rotatable bonds is 0. The predicted molar refractivity (Wildman–Crippen MR) is 66.5 cm³/mol. The molecule has 4 heteroatoms. The lowest BCUT2D eigenvalue weighted by Crippen LogP contribution is -1.69. The van der Waals surface area contributed by atoms with Crippen molar-refractivity contribution >= 4 is 56.6 Å². The van der Waals surface area contributed by atoms with Gasteiger partial charge in [0.1, 0.15) is 10.9 Å². The minimum absolute atomic E-state index is 0.695. The van der Waals surface area contributed by atoms with E-state index in [0.29, 0.717) is 4.88 Å². The van der Waals surface area contributed by atoms with E-state index < -0.39 is 0 Å². The molecular formula is C9H4INS2. The first-order valence-electron chi connectivity index (χ1n) is 3.53. The Morgan fingerprint density at radius 3 is 2.92 bits per heavy atom. The smallest absolute Gasteiger partial charge is 0.119 e. The summed E-state index contributed by atoms with van der Waals surface area (Å²) in [4.78, 5) is 1.50. The monoisotopic (exact) mass is 317 g/mol. The fourth-order valence-corrected chi connectivity index (χ4v) is 3.23. The predicted octanol–water partition coefficient (Wildman–Crippen LogP) is 3.67. The highest BCUT2D eigenvalue weighted by atomic mass is 127. The van der Waals surface area contributed by atoms with Gasteiger partial charge in [0.2, 0.25) is 0 Å². The van der Waals surface area contributed by atoms with Gasteiger partial charge in [-0.1, -0.05) is 6.07 Å². The van der Waals surface area contributed by atoms with Crippen LogP contribution in [0.1, 0.15) is 4.88 Å². The van der Waals surface area contributed by atoms with Crippen molar-refractivity contribution in [3.63, 3.8) is 0 Å². The van der Waals surface area contributed by atoms with Gasteiger partial charge in [-0.3, -0.25) is 0 Å². The van der Waals surface area contributed by atoms with Crippen LogP contribution in [0.4, 0.5) is 0 Å². The van der Waals surface area contributed by atoms with E-state index in [0.717, 1.165) is 15.0 Å². The molecule has 0 fully saturated rings. The van der Waals surface area contributed by atoms with E-state index in [1.807, 2.05) is 12.1 Å². The van der Waals surface area contributed by atoms with Crippen molar-refractivity contribution < 1.29 is 0 Å². The van der Waals surface area contributed by atoms with Gasteiger partial charge in [-0.15, -0.1) is 24.0 Å². The van der Waals surface area contributed by atoms with E-state index in [-0.39, 0.29) is 0 Å². The number of nitriles is 1. The van der Waals surface area contributed by atoms with Crippen LogP contribution in [0, 0.1) is 14.9 Å². The second kappa shape index (κ2) is 3.48. The number of hydrogen-bond acceptors (Lipinski definition) is 3. The van der Waals surface area contributed by atoms with Crippen molar-refractivity contribution in [3.8, 4) is 6.07 Å². The lowest BCUT2D eigenvalue weighted by atomic mass is 10.2. The summed E-state index contributed by atoms with van der Waals surface area (Å²) in [5.74, 6) is 0. The van der Waals surface area contributed by atoms with Crippen LogP contribution in [0.15, 0.2) is 23.1 Å². The van der Waals surface area contributed by atoms with Gasteiger partial charge in [-0.25, -0.2) is 0 Å². The Labute approximate surface area is 98.9 Å². The summed E-state index contributed by atoms with van der Waals surface area (Å²) in [5, 5.41) is 9.87. The minimum atomic E-state index is 0.695. The highest BCUT2D eigenvalue weighted by Gasteiger charge is 2.07. The van der Waals surface area contributed by atoms with Crippen LogP contribution in [-0.4, -0.2) is 0 Å². The van der Waals surface area contributed by atoms with Gasteiger partial charge in [0.05, 0.1) is 0 Å². The number of thiol groups is 1. The number of nitrogens with zero attached hydrogens (tertiary/aromatic N) is 1. The zero-order valence-electron chi connectivity index (χ0n) is 6.41. The number of fused-ring (bicyclic) bond motifs is 1. The van der Waals surface area contributed by atoms with E-state index in [4.69, 9.17) is 5.26 Å². The third-order valence-electron chi connectivity index (χ3n) is 1.73. The van der Waals surface area contributed by atoms with E-state index in [2.05, 4.69) is 47.4 Å². The molecule has 0 bridgehead atoms. The van der Waals surface area contributed by atoms with Gasteiger partial charge in [-0.05, 0) is 34.7 Å². The Hall–Kier alpha value is -0.250. The first-order valence-corrected chi connectivity index (χ1v) is 5.87. The molecule has 0 aliphatic rings. The Kier molecular flexibility index (Phi) is 2.49.